The van der Waals surface area contributed by atoms with Gasteiger partial charge in [-0.3, -0.25) is 9.69 Å². The number of carbonyl (C=O) groups excluding carboxylic acids is 1. The zero-order valence-corrected chi connectivity index (χ0v) is 18.1. The SMILES string of the molecule is O=C(NCC1(c2ccccc2)CCCC1)C1CC12CCN(Cc1ccsc1)CC2. The molecule has 1 unspecified atom stereocenters. The Kier molecular flexibility index (Phi) is 5.25. The predicted molar refractivity (Wildman–Crippen MR) is 119 cm³/mol. The second-order valence-corrected chi connectivity index (χ2v) is 10.4. The lowest BCUT2D eigenvalue weighted by molar-refractivity contribution is -0.123. The summed E-state index contributed by atoms with van der Waals surface area (Å²) >= 11 is 1.78. The second kappa shape index (κ2) is 7.88. The maximum Gasteiger partial charge on any atom is 0.223 e. The van der Waals surface area contributed by atoms with Gasteiger partial charge in [0, 0.05) is 24.4 Å². The fourth-order valence-corrected chi connectivity index (χ4v) is 6.52. The third kappa shape index (κ3) is 3.89. The summed E-state index contributed by atoms with van der Waals surface area (Å²) in [6.07, 6.45) is 8.41. The Bertz CT molecular complexity index is 818. The lowest BCUT2D eigenvalue weighted by Crippen LogP contribution is -2.41. The van der Waals surface area contributed by atoms with Crippen LogP contribution in [0.4, 0.5) is 0 Å². The lowest BCUT2D eigenvalue weighted by atomic mass is 9.78. The molecule has 3 nitrogen and oxygen atoms in total. The molecule has 1 aromatic heterocycles. The van der Waals surface area contributed by atoms with E-state index in [1.165, 1.54) is 49.7 Å². The van der Waals surface area contributed by atoms with Crippen molar-refractivity contribution in [2.24, 2.45) is 11.3 Å². The van der Waals surface area contributed by atoms with Gasteiger partial charge in [0.15, 0.2) is 0 Å². The van der Waals surface area contributed by atoms with Crippen molar-refractivity contribution in [3.63, 3.8) is 0 Å². The summed E-state index contributed by atoms with van der Waals surface area (Å²) in [5, 5.41) is 7.81. The zero-order valence-electron chi connectivity index (χ0n) is 17.2. The highest BCUT2D eigenvalue weighted by molar-refractivity contribution is 7.07. The first-order valence-electron chi connectivity index (χ1n) is 11.3. The molecule has 1 aliphatic heterocycles. The number of benzene rings is 1. The van der Waals surface area contributed by atoms with E-state index in [0.717, 1.165) is 32.6 Å². The summed E-state index contributed by atoms with van der Waals surface area (Å²) in [7, 11) is 0. The Morgan fingerprint density at radius 1 is 1.07 bits per heavy atom. The predicted octanol–water partition coefficient (Wildman–Crippen LogP) is 4.98. The van der Waals surface area contributed by atoms with E-state index < -0.39 is 0 Å². The Labute approximate surface area is 178 Å². The van der Waals surface area contributed by atoms with Crippen molar-refractivity contribution < 1.29 is 4.79 Å². The van der Waals surface area contributed by atoms with Crippen LogP contribution in [0.15, 0.2) is 47.2 Å². The first-order valence-corrected chi connectivity index (χ1v) is 12.2. The molecule has 4 heteroatoms. The quantitative estimate of drug-likeness (QED) is 0.731. The van der Waals surface area contributed by atoms with E-state index in [9.17, 15) is 4.79 Å². The number of likely N-dealkylation sites (tertiary alicyclic amines) is 1. The monoisotopic (exact) mass is 408 g/mol. The van der Waals surface area contributed by atoms with Crippen molar-refractivity contribution in [2.45, 2.75) is 56.9 Å². The minimum absolute atomic E-state index is 0.156. The lowest BCUT2D eigenvalue weighted by Gasteiger charge is -2.33. The highest BCUT2D eigenvalue weighted by atomic mass is 32.1. The average Bonchev–Trinajstić information content (AvgIpc) is 3.12. The molecule has 1 atom stereocenters. The van der Waals surface area contributed by atoms with Gasteiger partial charge in [-0.15, -0.1) is 0 Å². The van der Waals surface area contributed by atoms with Crippen molar-refractivity contribution in [1.29, 1.82) is 0 Å². The molecule has 3 fully saturated rings. The molecule has 1 N–H and O–H groups in total. The van der Waals surface area contributed by atoms with Crippen molar-refractivity contribution >= 4 is 17.2 Å². The minimum Gasteiger partial charge on any atom is -0.355 e. The molecule has 5 rings (SSSR count). The van der Waals surface area contributed by atoms with Gasteiger partial charge < -0.3 is 5.32 Å². The molecule has 1 amide bonds. The van der Waals surface area contributed by atoms with Crippen LogP contribution in [0.1, 0.15) is 56.1 Å². The summed E-state index contributed by atoms with van der Waals surface area (Å²) in [6, 6.07) is 13.1. The Hall–Kier alpha value is -1.65. The van der Waals surface area contributed by atoms with Gasteiger partial charge in [0.1, 0.15) is 0 Å². The molecule has 154 valence electrons. The number of rotatable bonds is 6. The molecule has 2 aromatic rings. The molecule has 1 saturated heterocycles. The van der Waals surface area contributed by atoms with Gasteiger partial charge in [-0.25, -0.2) is 0 Å². The molecule has 0 bridgehead atoms. The van der Waals surface area contributed by atoms with Gasteiger partial charge in [-0.05, 0) is 78.6 Å². The molecular formula is C25H32N2OS. The van der Waals surface area contributed by atoms with Crippen molar-refractivity contribution in [3.8, 4) is 0 Å². The first kappa shape index (κ1) is 19.3. The molecular weight excluding hydrogens is 376 g/mol. The summed E-state index contributed by atoms with van der Waals surface area (Å²) < 4.78 is 0. The molecule has 29 heavy (non-hydrogen) atoms. The third-order valence-electron chi connectivity index (χ3n) is 7.89. The number of thiophene rings is 1. The number of nitrogens with zero attached hydrogens (tertiary/aromatic N) is 1. The number of amides is 1. The molecule has 0 radical (unpaired) electrons. The van der Waals surface area contributed by atoms with E-state index in [1.807, 2.05) is 0 Å². The van der Waals surface area contributed by atoms with Crippen molar-refractivity contribution in [2.75, 3.05) is 19.6 Å². The van der Waals surface area contributed by atoms with Crippen LogP contribution in [-0.4, -0.2) is 30.4 Å². The molecule has 2 aliphatic carbocycles. The highest BCUT2D eigenvalue weighted by Gasteiger charge is 2.58. The van der Waals surface area contributed by atoms with Gasteiger partial charge in [0.05, 0.1) is 0 Å². The van der Waals surface area contributed by atoms with Gasteiger partial charge in [0.25, 0.3) is 0 Å². The molecule has 1 aromatic carbocycles. The largest absolute Gasteiger partial charge is 0.355 e. The Balaban J connectivity index is 1.15. The van der Waals surface area contributed by atoms with E-state index in [-0.39, 0.29) is 11.3 Å². The molecule has 1 spiro atoms. The van der Waals surface area contributed by atoms with E-state index in [0.29, 0.717) is 11.3 Å². The second-order valence-electron chi connectivity index (χ2n) is 9.60. The van der Waals surface area contributed by atoms with Crippen LogP contribution < -0.4 is 5.32 Å². The molecule has 2 saturated carbocycles. The van der Waals surface area contributed by atoms with E-state index in [4.69, 9.17) is 0 Å². The smallest absolute Gasteiger partial charge is 0.223 e. The van der Waals surface area contributed by atoms with Crippen LogP contribution in [0.25, 0.3) is 0 Å². The number of nitrogens with one attached hydrogen (secondary N) is 1. The van der Waals surface area contributed by atoms with Crippen molar-refractivity contribution in [1.82, 2.24) is 10.2 Å². The standard InChI is InChI=1S/C25H32N2OS/c28-23(26-19-25(9-4-5-10-25)21-6-2-1-3-7-21)22-16-24(22)11-13-27(14-12-24)17-20-8-15-29-18-20/h1-3,6-8,15,18,22H,4-5,9-14,16-17,19H2,(H,26,28). The van der Waals surface area contributed by atoms with Gasteiger partial charge in [0.2, 0.25) is 5.91 Å². The first-order chi connectivity index (χ1) is 14.2. The zero-order chi connectivity index (χ0) is 19.7. The Morgan fingerprint density at radius 2 is 1.83 bits per heavy atom. The van der Waals surface area contributed by atoms with Crippen molar-refractivity contribution in [3.05, 3.63) is 58.3 Å². The normalized spacial score (nSPS) is 25.2. The maximum atomic E-state index is 13.0. The van der Waals surface area contributed by atoms with Gasteiger partial charge in [-0.2, -0.15) is 11.3 Å². The van der Waals surface area contributed by atoms with Crippen LogP contribution in [0.5, 0.6) is 0 Å². The van der Waals surface area contributed by atoms with Gasteiger partial charge in [-0.1, -0.05) is 43.2 Å². The molecule has 2 heterocycles. The fourth-order valence-electron chi connectivity index (χ4n) is 5.86. The molecule has 3 aliphatic rings. The van der Waals surface area contributed by atoms with Gasteiger partial charge >= 0.3 is 0 Å². The topological polar surface area (TPSA) is 32.3 Å². The number of hydrogen-bond acceptors (Lipinski definition) is 3. The van der Waals surface area contributed by atoms with E-state index in [1.54, 1.807) is 11.3 Å². The highest BCUT2D eigenvalue weighted by Crippen LogP contribution is 2.59. The van der Waals surface area contributed by atoms with E-state index >= 15 is 0 Å². The fraction of sp³-hybridized carbons (Fsp3) is 0.560. The maximum absolute atomic E-state index is 13.0. The van der Waals surface area contributed by atoms with Crippen LogP contribution in [-0.2, 0) is 16.8 Å². The third-order valence-corrected chi connectivity index (χ3v) is 8.62. The summed E-state index contributed by atoms with van der Waals surface area (Å²) in [4.78, 5) is 15.6. The van der Waals surface area contributed by atoms with Crippen LogP contribution >= 0.6 is 11.3 Å². The number of carbonyl (C=O) groups is 1. The van der Waals surface area contributed by atoms with Crippen LogP contribution in [0.2, 0.25) is 0 Å². The summed E-state index contributed by atoms with van der Waals surface area (Å²) in [6.45, 7) is 4.14. The van der Waals surface area contributed by atoms with Crippen LogP contribution in [0.3, 0.4) is 0 Å². The minimum atomic E-state index is 0.156. The summed E-state index contributed by atoms with van der Waals surface area (Å²) in [5.74, 6) is 0.568. The number of piperidine rings is 1. The summed E-state index contributed by atoms with van der Waals surface area (Å²) in [5.41, 5.74) is 3.29. The van der Waals surface area contributed by atoms with Crippen LogP contribution in [0, 0.1) is 11.3 Å². The number of hydrogen-bond donors (Lipinski definition) is 1. The Morgan fingerprint density at radius 3 is 2.52 bits per heavy atom. The van der Waals surface area contributed by atoms with E-state index in [2.05, 4.69) is 57.4 Å². The average molecular weight is 409 g/mol.